The van der Waals surface area contributed by atoms with E-state index >= 15 is 0 Å². The van der Waals surface area contributed by atoms with Crippen LogP contribution in [0.2, 0.25) is 0 Å². The Morgan fingerprint density at radius 1 is 1.50 bits per heavy atom. The summed E-state index contributed by atoms with van der Waals surface area (Å²) in [5.74, 6) is 0.0739. The fourth-order valence-electron chi connectivity index (χ4n) is 2.31. The maximum absolute atomic E-state index is 12.0. The molecule has 0 bridgehead atoms. The van der Waals surface area contributed by atoms with Crippen molar-refractivity contribution in [3.8, 4) is 5.75 Å². The lowest BCUT2D eigenvalue weighted by atomic mass is 10.1. The molecule has 5 heteroatoms. The van der Waals surface area contributed by atoms with Crippen molar-refractivity contribution in [1.82, 2.24) is 0 Å². The van der Waals surface area contributed by atoms with Crippen molar-refractivity contribution in [2.75, 3.05) is 26.1 Å². The third-order valence-corrected chi connectivity index (χ3v) is 3.37. The Morgan fingerprint density at radius 3 is 3.05 bits per heavy atom. The number of nitrogens with two attached hydrogens (primary N) is 1. The van der Waals surface area contributed by atoms with E-state index in [1.54, 1.807) is 18.2 Å². The number of nitrogen functional groups attached to an aromatic ring is 1. The molecule has 20 heavy (non-hydrogen) atoms. The highest BCUT2D eigenvalue weighted by Gasteiger charge is 2.16. The lowest BCUT2D eigenvalue weighted by Gasteiger charge is -2.11. The van der Waals surface area contributed by atoms with E-state index in [0.717, 1.165) is 32.3 Å². The lowest BCUT2D eigenvalue weighted by Crippen LogP contribution is -2.11. The molecule has 1 aliphatic rings. The first-order valence-corrected chi connectivity index (χ1v) is 6.93. The quantitative estimate of drug-likeness (QED) is 0.492. The molecular formula is C15H21NO4. The van der Waals surface area contributed by atoms with Gasteiger partial charge in [-0.15, -0.1) is 0 Å². The van der Waals surface area contributed by atoms with E-state index in [-0.39, 0.29) is 0 Å². The molecule has 1 saturated heterocycles. The average Bonchev–Trinajstić information content (AvgIpc) is 2.96. The standard InChI is InChI=1S/C15H21NO4/c1-18-14-7-6-11(16)10-13(14)15(17)20-9-3-5-12-4-2-8-19-12/h6-7,10,12H,2-5,8-9,16H2,1H3. The fraction of sp³-hybridized carbons (Fsp3) is 0.533. The molecule has 0 aromatic heterocycles. The van der Waals surface area contributed by atoms with Crippen molar-refractivity contribution in [2.45, 2.75) is 31.8 Å². The number of anilines is 1. The normalized spacial score (nSPS) is 17.9. The molecule has 1 aromatic carbocycles. The Balaban J connectivity index is 1.80. The van der Waals surface area contributed by atoms with Gasteiger partial charge in [0, 0.05) is 12.3 Å². The van der Waals surface area contributed by atoms with Crippen LogP contribution in [0.1, 0.15) is 36.0 Å². The van der Waals surface area contributed by atoms with E-state index in [1.807, 2.05) is 0 Å². The Bertz CT molecular complexity index is 455. The van der Waals surface area contributed by atoms with Gasteiger partial charge >= 0.3 is 5.97 Å². The molecule has 1 aliphatic heterocycles. The molecular weight excluding hydrogens is 258 g/mol. The molecule has 0 aliphatic carbocycles. The number of carbonyl (C=O) groups excluding carboxylic acids is 1. The van der Waals surface area contributed by atoms with Crippen molar-refractivity contribution in [2.24, 2.45) is 0 Å². The van der Waals surface area contributed by atoms with Gasteiger partial charge < -0.3 is 19.9 Å². The van der Waals surface area contributed by atoms with Crippen molar-refractivity contribution in [3.05, 3.63) is 23.8 Å². The first-order chi connectivity index (χ1) is 9.70. The van der Waals surface area contributed by atoms with Crippen LogP contribution < -0.4 is 10.5 Å². The Morgan fingerprint density at radius 2 is 2.35 bits per heavy atom. The summed E-state index contributed by atoms with van der Waals surface area (Å²) in [5.41, 5.74) is 6.55. The van der Waals surface area contributed by atoms with Gasteiger partial charge in [0.25, 0.3) is 0 Å². The molecule has 1 aromatic rings. The van der Waals surface area contributed by atoms with E-state index in [9.17, 15) is 4.79 Å². The maximum Gasteiger partial charge on any atom is 0.341 e. The number of rotatable bonds is 6. The first kappa shape index (κ1) is 14.7. The van der Waals surface area contributed by atoms with Crippen LogP contribution in [0.4, 0.5) is 5.69 Å². The number of hydrogen-bond donors (Lipinski definition) is 1. The third kappa shape index (κ3) is 3.87. The van der Waals surface area contributed by atoms with Gasteiger partial charge in [0.2, 0.25) is 0 Å². The summed E-state index contributed by atoms with van der Waals surface area (Å²) in [7, 11) is 1.51. The van der Waals surface area contributed by atoms with Crippen molar-refractivity contribution < 1.29 is 19.0 Å². The summed E-state index contributed by atoms with van der Waals surface area (Å²) < 4.78 is 15.9. The zero-order valence-corrected chi connectivity index (χ0v) is 11.8. The van der Waals surface area contributed by atoms with E-state index in [0.29, 0.717) is 29.7 Å². The Kier molecular flexibility index (Phi) is 5.24. The topological polar surface area (TPSA) is 70.8 Å². The summed E-state index contributed by atoms with van der Waals surface area (Å²) in [6.07, 6.45) is 4.31. The second-order valence-electron chi connectivity index (χ2n) is 4.87. The predicted molar refractivity (Wildman–Crippen MR) is 75.9 cm³/mol. The SMILES string of the molecule is COc1ccc(N)cc1C(=O)OCCCC1CCCO1. The minimum absolute atomic E-state index is 0.329. The van der Waals surface area contributed by atoms with Gasteiger partial charge in [-0.05, 0) is 43.9 Å². The smallest absolute Gasteiger partial charge is 0.341 e. The highest BCUT2D eigenvalue weighted by Crippen LogP contribution is 2.22. The van der Waals surface area contributed by atoms with Gasteiger partial charge in [-0.3, -0.25) is 0 Å². The third-order valence-electron chi connectivity index (χ3n) is 3.37. The minimum Gasteiger partial charge on any atom is -0.496 e. The average molecular weight is 279 g/mol. The Hall–Kier alpha value is -1.75. The van der Waals surface area contributed by atoms with Crippen LogP contribution in [0, 0.1) is 0 Å². The van der Waals surface area contributed by atoms with Crippen molar-refractivity contribution >= 4 is 11.7 Å². The largest absolute Gasteiger partial charge is 0.496 e. The van der Waals surface area contributed by atoms with E-state index in [1.165, 1.54) is 7.11 Å². The highest BCUT2D eigenvalue weighted by atomic mass is 16.5. The molecule has 110 valence electrons. The van der Waals surface area contributed by atoms with Crippen LogP contribution in [0.5, 0.6) is 5.75 Å². The first-order valence-electron chi connectivity index (χ1n) is 6.93. The number of carbonyl (C=O) groups is 1. The second kappa shape index (κ2) is 7.14. The number of ether oxygens (including phenoxy) is 3. The predicted octanol–water partition coefficient (Wildman–Crippen LogP) is 2.39. The van der Waals surface area contributed by atoms with Crippen molar-refractivity contribution in [3.63, 3.8) is 0 Å². The molecule has 1 fully saturated rings. The van der Waals surface area contributed by atoms with Crippen LogP contribution >= 0.6 is 0 Å². The number of methoxy groups -OCH3 is 1. The van der Waals surface area contributed by atoms with Gasteiger partial charge in [0.05, 0.1) is 19.8 Å². The molecule has 0 amide bonds. The molecule has 5 nitrogen and oxygen atoms in total. The summed E-state index contributed by atoms with van der Waals surface area (Å²) in [6.45, 7) is 1.24. The number of benzene rings is 1. The van der Waals surface area contributed by atoms with Gasteiger partial charge in [0.1, 0.15) is 11.3 Å². The van der Waals surface area contributed by atoms with Crippen LogP contribution in [0.15, 0.2) is 18.2 Å². The van der Waals surface area contributed by atoms with Gasteiger partial charge in [-0.1, -0.05) is 0 Å². The molecule has 1 atom stereocenters. The monoisotopic (exact) mass is 279 g/mol. The van der Waals surface area contributed by atoms with Crippen LogP contribution in [0.3, 0.4) is 0 Å². The van der Waals surface area contributed by atoms with Crippen LogP contribution in [0.25, 0.3) is 0 Å². The molecule has 2 N–H and O–H groups in total. The summed E-state index contributed by atoms with van der Waals surface area (Å²) in [6, 6.07) is 4.92. The molecule has 0 saturated carbocycles. The lowest BCUT2D eigenvalue weighted by molar-refractivity contribution is 0.0458. The molecule has 1 unspecified atom stereocenters. The van der Waals surface area contributed by atoms with Gasteiger partial charge in [-0.25, -0.2) is 4.79 Å². The molecule has 0 spiro atoms. The second-order valence-corrected chi connectivity index (χ2v) is 4.87. The number of esters is 1. The fourth-order valence-corrected chi connectivity index (χ4v) is 2.31. The zero-order valence-electron chi connectivity index (χ0n) is 11.8. The maximum atomic E-state index is 12.0. The van der Waals surface area contributed by atoms with E-state index in [2.05, 4.69) is 0 Å². The van der Waals surface area contributed by atoms with Gasteiger partial charge in [-0.2, -0.15) is 0 Å². The highest BCUT2D eigenvalue weighted by molar-refractivity contribution is 5.93. The zero-order chi connectivity index (χ0) is 14.4. The minimum atomic E-state index is -0.401. The van der Waals surface area contributed by atoms with E-state index in [4.69, 9.17) is 19.9 Å². The summed E-state index contributed by atoms with van der Waals surface area (Å²) >= 11 is 0. The Labute approximate surface area is 119 Å². The van der Waals surface area contributed by atoms with Crippen LogP contribution in [-0.4, -0.2) is 32.4 Å². The summed E-state index contributed by atoms with van der Waals surface area (Å²) in [4.78, 5) is 12.0. The number of hydrogen-bond acceptors (Lipinski definition) is 5. The van der Waals surface area contributed by atoms with Crippen LogP contribution in [-0.2, 0) is 9.47 Å². The van der Waals surface area contributed by atoms with E-state index < -0.39 is 5.97 Å². The van der Waals surface area contributed by atoms with Gasteiger partial charge in [0.15, 0.2) is 0 Å². The van der Waals surface area contributed by atoms with Crippen molar-refractivity contribution in [1.29, 1.82) is 0 Å². The molecule has 1 heterocycles. The molecule has 0 radical (unpaired) electrons. The summed E-state index contributed by atoms with van der Waals surface area (Å²) in [5, 5.41) is 0. The molecule has 2 rings (SSSR count).